The van der Waals surface area contributed by atoms with Gasteiger partial charge in [0.2, 0.25) is 0 Å². The van der Waals surface area contributed by atoms with E-state index in [2.05, 4.69) is 10.0 Å². The average molecular weight is 457 g/mol. The zero-order valence-electron chi connectivity index (χ0n) is 17.1. The molecule has 0 spiro atoms. The topological polar surface area (TPSA) is 137 Å². The first-order valence-electron chi connectivity index (χ1n) is 9.15. The summed E-state index contributed by atoms with van der Waals surface area (Å²) in [6.45, 7) is 0. The predicted molar refractivity (Wildman–Crippen MR) is 118 cm³/mol. The van der Waals surface area contributed by atoms with Crippen molar-refractivity contribution in [3.8, 4) is 11.5 Å². The Hall–Kier alpha value is -4.12. The first-order chi connectivity index (χ1) is 15.2. The Labute approximate surface area is 184 Å². The fourth-order valence-electron chi connectivity index (χ4n) is 2.86. The predicted octanol–water partition coefficient (Wildman–Crippen LogP) is 3.67. The number of nitrogens with zero attached hydrogens (tertiary/aromatic N) is 1. The number of nitrogens with one attached hydrogen (secondary N) is 2. The first-order valence-corrected chi connectivity index (χ1v) is 10.6. The zero-order valence-corrected chi connectivity index (χ0v) is 17.9. The second-order valence-electron chi connectivity index (χ2n) is 6.43. The van der Waals surface area contributed by atoms with Crippen molar-refractivity contribution in [1.29, 1.82) is 0 Å². The molecule has 166 valence electrons. The van der Waals surface area contributed by atoms with Gasteiger partial charge in [-0.3, -0.25) is 19.6 Å². The monoisotopic (exact) mass is 457 g/mol. The van der Waals surface area contributed by atoms with Crippen LogP contribution in [0.2, 0.25) is 0 Å². The molecule has 2 N–H and O–H groups in total. The van der Waals surface area contributed by atoms with E-state index in [1.165, 1.54) is 26.4 Å². The molecule has 0 aliphatic carbocycles. The van der Waals surface area contributed by atoms with Gasteiger partial charge in [-0.2, -0.15) is 0 Å². The SMILES string of the molecule is COc1cccc(NC(=O)c2ccccc2NS(=O)(=O)c2ccc([N+](=O)[O-])cc2OC)c1. The average Bonchev–Trinajstić information content (AvgIpc) is 2.78. The fraction of sp³-hybridized carbons (Fsp3) is 0.0952. The molecule has 0 aromatic heterocycles. The van der Waals surface area contributed by atoms with Gasteiger partial charge in [-0.25, -0.2) is 8.42 Å². The molecule has 0 radical (unpaired) electrons. The van der Waals surface area contributed by atoms with Gasteiger partial charge in [0.05, 0.1) is 36.5 Å². The summed E-state index contributed by atoms with van der Waals surface area (Å²) < 4.78 is 38.4. The second-order valence-corrected chi connectivity index (χ2v) is 8.08. The molecule has 11 heteroatoms. The Kier molecular flexibility index (Phi) is 6.59. The number of ether oxygens (including phenoxy) is 2. The molecule has 0 heterocycles. The van der Waals surface area contributed by atoms with Crippen LogP contribution in [0.1, 0.15) is 10.4 Å². The van der Waals surface area contributed by atoms with Gasteiger partial charge in [0.25, 0.3) is 21.6 Å². The Bertz CT molecular complexity index is 1280. The van der Waals surface area contributed by atoms with Crippen LogP contribution in [0.5, 0.6) is 11.5 Å². The van der Waals surface area contributed by atoms with Crippen LogP contribution in [-0.4, -0.2) is 33.5 Å². The van der Waals surface area contributed by atoms with E-state index in [0.717, 1.165) is 18.2 Å². The third kappa shape index (κ3) is 4.95. The molecule has 3 rings (SSSR count). The lowest BCUT2D eigenvalue weighted by molar-refractivity contribution is -0.385. The maximum absolute atomic E-state index is 13.0. The number of rotatable bonds is 8. The smallest absolute Gasteiger partial charge is 0.273 e. The van der Waals surface area contributed by atoms with E-state index in [1.807, 2.05) is 0 Å². The number of non-ortho nitro benzene ring substituents is 1. The van der Waals surface area contributed by atoms with Crippen LogP contribution in [0.25, 0.3) is 0 Å². The van der Waals surface area contributed by atoms with E-state index in [9.17, 15) is 23.3 Å². The molecular weight excluding hydrogens is 438 g/mol. The standard InChI is InChI=1S/C21H19N3O7S/c1-30-16-7-5-6-14(12-16)22-21(25)17-8-3-4-9-18(17)23-32(28,29)20-11-10-15(24(26)27)13-19(20)31-2/h3-13,23H,1-2H3,(H,22,25). The van der Waals surface area contributed by atoms with Gasteiger partial charge in [-0.05, 0) is 30.3 Å². The quantitative estimate of drug-likeness (QED) is 0.389. The van der Waals surface area contributed by atoms with Crippen molar-refractivity contribution in [2.75, 3.05) is 24.3 Å². The van der Waals surface area contributed by atoms with E-state index < -0.39 is 20.9 Å². The van der Waals surface area contributed by atoms with Crippen molar-refractivity contribution in [3.05, 3.63) is 82.4 Å². The molecule has 3 aromatic carbocycles. The highest BCUT2D eigenvalue weighted by Crippen LogP contribution is 2.30. The van der Waals surface area contributed by atoms with Crippen LogP contribution in [0.15, 0.2) is 71.6 Å². The van der Waals surface area contributed by atoms with Crippen molar-refractivity contribution < 1.29 is 27.6 Å². The van der Waals surface area contributed by atoms with Crippen LogP contribution in [0, 0.1) is 10.1 Å². The van der Waals surface area contributed by atoms with E-state index >= 15 is 0 Å². The highest BCUT2D eigenvalue weighted by atomic mass is 32.2. The summed E-state index contributed by atoms with van der Waals surface area (Å²) in [5.74, 6) is -0.209. The lowest BCUT2D eigenvalue weighted by atomic mass is 10.1. The molecular formula is C21H19N3O7S. The number of anilines is 2. The number of hydrogen-bond donors (Lipinski definition) is 2. The number of carbonyl (C=O) groups excluding carboxylic acids is 1. The van der Waals surface area contributed by atoms with Crippen molar-refractivity contribution >= 4 is 33.0 Å². The van der Waals surface area contributed by atoms with Crippen molar-refractivity contribution in [2.24, 2.45) is 0 Å². The van der Waals surface area contributed by atoms with E-state index in [1.54, 1.807) is 36.4 Å². The lowest BCUT2D eigenvalue weighted by Crippen LogP contribution is -2.19. The number of nitro benzene ring substituents is 1. The molecule has 0 aliphatic rings. The van der Waals surface area contributed by atoms with Crippen molar-refractivity contribution in [1.82, 2.24) is 0 Å². The molecule has 0 bridgehead atoms. The van der Waals surface area contributed by atoms with Gasteiger partial charge < -0.3 is 14.8 Å². The summed E-state index contributed by atoms with van der Waals surface area (Å²) in [4.78, 5) is 22.8. The lowest BCUT2D eigenvalue weighted by Gasteiger charge is -2.14. The number of sulfonamides is 1. The minimum atomic E-state index is -4.24. The van der Waals surface area contributed by atoms with Gasteiger partial charge in [0.15, 0.2) is 0 Å². The minimum Gasteiger partial charge on any atom is -0.497 e. The van der Waals surface area contributed by atoms with Crippen LogP contribution in [-0.2, 0) is 10.0 Å². The molecule has 1 amide bonds. The third-order valence-corrected chi connectivity index (χ3v) is 5.80. The summed E-state index contributed by atoms with van der Waals surface area (Å²) in [6, 6.07) is 15.9. The van der Waals surface area contributed by atoms with Crippen molar-refractivity contribution in [2.45, 2.75) is 4.90 Å². The number of carbonyl (C=O) groups is 1. The van der Waals surface area contributed by atoms with Gasteiger partial charge in [-0.15, -0.1) is 0 Å². The second kappa shape index (κ2) is 9.35. The number of methoxy groups -OCH3 is 2. The first kappa shape index (κ1) is 22.6. The largest absolute Gasteiger partial charge is 0.497 e. The summed E-state index contributed by atoms with van der Waals surface area (Å²) >= 11 is 0. The molecule has 0 fully saturated rings. The number of hydrogen-bond acceptors (Lipinski definition) is 7. The van der Waals surface area contributed by atoms with E-state index in [0.29, 0.717) is 11.4 Å². The summed E-state index contributed by atoms with van der Waals surface area (Å²) in [6.07, 6.45) is 0. The summed E-state index contributed by atoms with van der Waals surface area (Å²) in [5.41, 5.74) is 0.232. The van der Waals surface area contributed by atoms with Crippen LogP contribution in [0.3, 0.4) is 0 Å². The molecule has 0 saturated carbocycles. The molecule has 0 aliphatic heterocycles. The molecule has 0 saturated heterocycles. The minimum absolute atomic E-state index is 0.0216. The molecule has 0 unspecified atom stereocenters. The van der Waals surface area contributed by atoms with Crippen LogP contribution in [0.4, 0.5) is 17.1 Å². The van der Waals surface area contributed by atoms with Gasteiger partial charge in [-0.1, -0.05) is 18.2 Å². The van der Waals surface area contributed by atoms with Crippen LogP contribution >= 0.6 is 0 Å². The molecule has 32 heavy (non-hydrogen) atoms. The Balaban J connectivity index is 1.91. The maximum Gasteiger partial charge on any atom is 0.273 e. The number of nitro groups is 1. The summed E-state index contributed by atoms with van der Waals surface area (Å²) in [7, 11) is -1.54. The zero-order chi connectivity index (χ0) is 23.3. The normalized spacial score (nSPS) is 10.8. The van der Waals surface area contributed by atoms with Gasteiger partial charge in [0, 0.05) is 17.8 Å². The number of para-hydroxylation sites is 1. The molecule has 0 atom stereocenters. The summed E-state index contributed by atoms with van der Waals surface area (Å²) in [5, 5.41) is 13.7. The maximum atomic E-state index is 13.0. The molecule has 10 nitrogen and oxygen atoms in total. The highest BCUT2D eigenvalue weighted by Gasteiger charge is 2.24. The Morgan fingerprint density at radius 2 is 1.72 bits per heavy atom. The third-order valence-electron chi connectivity index (χ3n) is 4.39. The van der Waals surface area contributed by atoms with Crippen LogP contribution < -0.4 is 19.5 Å². The molecule has 3 aromatic rings. The Morgan fingerprint density at radius 1 is 0.969 bits per heavy atom. The van der Waals surface area contributed by atoms with Crippen molar-refractivity contribution in [3.63, 3.8) is 0 Å². The van der Waals surface area contributed by atoms with E-state index in [4.69, 9.17) is 9.47 Å². The number of benzene rings is 3. The fourth-order valence-corrected chi connectivity index (χ4v) is 4.09. The Morgan fingerprint density at radius 3 is 2.41 bits per heavy atom. The highest BCUT2D eigenvalue weighted by molar-refractivity contribution is 7.92. The van der Waals surface area contributed by atoms with Gasteiger partial charge >= 0.3 is 0 Å². The van der Waals surface area contributed by atoms with Gasteiger partial charge in [0.1, 0.15) is 16.4 Å². The van der Waals surface area contributed by atoms with E-state index in [-0.39, 0.29) is 27.6 Å². The number of amides is 1.